The predicted octanol–water partition coefficient (Wildman–Crippen LogP) is 3.47. The van der Waals surface area contributed by atoms with Crippen molar-refractivity contribution in [1.82, 2.24) is 10.3 Å². The Bertz CT molecular complexity index is 736. The van der Waals surface area contributed by atoms with Gasteiger partial charge in [0.25, 0.3) is 0 Å². The van der Waals surface area contributed by atoms with Gasteiger partial charge in [-0.3, -0.25) is 0 Å². The van der Waals surface area contributed by atoms with Crippen LogP contribution in [0.2, 0.25) is 0 Å². The maximum absolute atomic E-state index is 10.2. The molecular formula is C19H20N2O2. The lowest BCUT2D eigenvalue weighted by molar-refractivity contribution is 0.174. The van der Waals surface area contributed by atoms with Gasteiger partial charge in [0.2, 0.25) is 5.89 Å². The highest BCUT2D eigenvalue weighted by Gasteiger charge is 2.09. The number of benzene rings is 2. The summed E-state index contributed by atoms with van der Waals surface area (Å²) in [5, 5.41) is 13.4. The summed E-state index contributed by atoms with van der Waals surface area (Å²) in [6, 6.07) is 17.7. The minimum Gasteiger partial charge on any atom is -0.444 e. The Morgan fingerprint density at radius 2 is 1.83 bits per heavy atom. The first-order chi connectivity index (χ1) is 11.2. The van der Waals surface area contributed by atoms with E-state index in [2.05, 4.69) is 10.3 Å². The van der Waals surface area contributed by atoms with E-state index in [4.69, 9.17) is 4.42 Å². The second-order valence-electron chi connectivity index (χ2n) is 5.57. The van der Waals surface area contributed by atoms with Crippen molar-refractivity contribution in [2.75, 3.05) is 6.54 Å². The smallest absolute Gasteiger partial charge is 0.226 e. The molecule has 2 N–H and O–H groups in total. The first-order valence-corrected chi connectivity index (χ1v) is 7.67. The summed E-state index contributed by atoms with van der Waals surface area (Å²) in [7, 11) is 0. The molecule has 23 heavy (non-hydrogen) atoms. The fourth-order valence-electron chi connectivity index (χ4n) is 2.34. The van der Waals surface area contributed by atoms with Gasteiger partial charge in [0.1, 0.15) is 6.26 Å². The number of rotatable bonds is 6. The second kappa shape index (κ2) is 7.22. The zero-order valence-corrected chi connectivity index (χ0v) is 13.1. The number of oxazole rings is 1. The molecule has 0 aliphatic heterocycles. The third kappa shape index (κ3) is 4.06. The van der Waals surface area contributed by atoms with Gasteiger partial charge < -0.3 is 14.8 Å². The third-order valence-electron chi connectivity index (χ3n) is 3.68. The van der Waals surface area contributed by atoms with Crippen molar-refractivity contribution in [3.05, 3.63) is 77.7 Å². The molecule has 0 bridgehead atoms. The Hall–Kier alpha value is -2.43. The van der Waals surface area contributed by atoms with Gasteiger partial charge in [-0.15, -0.1) is 0 Å². The van der Waals surface area contributed by atoms with Crippen molar-refractivity contribution in [3.63, 3.8) is 0 Å². The van der Waals surface area contributed by atoms with E-state index in [0.717, 1.165) is 16.8 Å². The van der Waals surface area contributed by atoms with Crippen LogP contribution in [-0.2, 0) is 6.54 Å². The third-order valence-corrected chi connectivity index (χ3v) is 3.68. The fraction of sp³-hybridized carbons (Fsp3) is 0.211. The molecule has 4 nitrogen and oxygen atoms in total. The van der Waals surface area contributed by atoms with Crippen molar-refractivity contribution in [1.29, 1.82) is 0 Å². The van der Waals surface area contributed by atoms with Crippen molar-refractivity contribution in [2.45, 2.75) is 19.6 Å². The predicted molar refractivity (Wildman–Crippen MR) is 89.8 cm³/mol. The van der Waals surface area contributed by atoms with Gasteiger partial charge in [-0.2, -0.15) is 0 Å². The Morgan fingerprint density at radius 3 is 2.57 bits per heavy atom. The van der Waals surface area contributed by atoms with Gasteiger partial charge in [-0.25, -0.2) is 4.98 Å². The Kier molecular flexibility index (Phi) is 4.86. The number of nitrogens with one attached hydrogen (secondary N) is 1. The summed E-state index contributed by atoms with van der Waals surface area (Å²) in [6.07, 6.45) is 1.12. The van der Waals surface area contributed by atoms with Crippen LogP contribution < -0.4 is 5.32 Å². The highest BCUT2D eigenvalue weighted by atomic mass is 16.3. The van der Waals surface area contributed by atoms with Crippen LogP contribution >= 0.6 is 0 Å². The summed E-state index contributed by atoms with van der Waals surface area (Å²) >= 11 is 0. The van der Waals surface area contributed by atoms with Gasteiger partial charge in [0.05, 0.1) is 11.8 Å². The van der Waals surface area contributed by atoms with Gasteiger partial charge in [-0.1, -0.05) is 48.0 Å². The SMILES string of the molecule is Cc1ccc(C(O)CNCc2coc(-c3ccccc3)n2)cc1. The Labute approximate surface area is 135 Å². The van der Waals surface area contributed by atoms with E-state index < -0.39 is 6.10 Å². The highest BCUT2D eigenvalue weighted by molar-refractivity contribution is 5.52. The van der Waals surface area contributed by atoms with Crippen molar-refractivity contribution < 1.29 is 9.52 Å². The van der Waals surface area contributed by atoms with Crippen LogP contribution in [0.15, 0.2) is 65.3 Å². The fourth-order valence-corrected chi connectivity index (χ4v) is 2.34. The lowest BCUT2D eigenvalue weighted by atomic mass is 10.1. The average Bonchev–Trinajstić information content (AvgIpc) is 3.05. The lowest BCUT2D eigenvalue weighted by Gasteiger charge is -2.11. The number of nitrogens with zero attached hydrogens (tertiary/aromatic N) is 1. The molecule has 3 rings (SSSR count). The molecule has 0 saturated carbocycles. The van der Waals surface area contributed by atoms with Gasteiger partial charge in [-0.05, 0) is 24.6 Å². The van der Waals surface area contributed by atoms with Crippen LogP contribution in [-0.4, -0.2) is 16.6 Å². The maximum atomic E-state index is 10.2. The first-order valence-electron chi connectivity index (χ1n) is 7.67. The largest absolute Gasteiger partial charge is 0.444 e. The number of aliphatic hydroxyl groups excluding tert-OH is 1. The van der Waals surface area contributed by atoms with Crippen LogP contribution in [0.1, 0.15) is 22.9 Å². The van der Waals surface area contributed by atoms with Crippen molar-refractivity contribution >= 4 is 0 Å². The summed E-state index contributed by atoms with van der Waals surface area (Å²) in [5.41, 5.74) is 3.87. The van der Waals surface area contributed by atoms with Gasteiger partial charge >= 0.3 is 0 Å². The van der Waals surface area contributed by atoms with E-state index in [0.29, 0.717) is 19.0 Å². The number of hydrogen-bond acceptors (Lipinski definition) is 4. The summed E-state index contributed by atoms with van der Waals surface area (Å²) in [4.78, 5) is 4.45. The minimum atomic E-state index is -0.531. The summed E-state index contributed by atoms with van der Waals surface area (Å²) < 4.78 is 5.49. The monoisotopic (exact) mass is 308 g/mol. The zero-order valence-electron chi connectivity index (χ0n) is 13.1. The summed E-state index contributed by atoms with van der Waals surface area (Å²) in [6.45, 7) is 3.05. The molecule has 2 aromatic carbocycles. The topological polar surface area (TPSA) is 58.3 Å². The molecule has 3 aromatic rings. The van der Waals surface area contributed by atoms with E-state index in [1.54, 1.807) is 6.26 Å². The molecule has 0 spiro atoms. The van der Waals surface area contributed by atoms with E-state index in [1.165, 1.54) is 5.56 Å². The standard InChI is InChI=1S/C19H20N2O2/c1-14-7-9-15(10-8-14)18(22)12-20-11-17-13-23-19(21-17)16-5-3-2-4-6-16/h2-10,13,18,20,22H,11-12H2,1H3. The maximum Gasteiger partial charge on any atom is 0.226 e. The van der Waals surface area contributed by atoms with Gasteiger partial charge in [0.15, 0.2) is 0 Å². The molecule has 118 valence electrons. The molecule has 0 aliphatic carbocycles. The molecule has 0 aliphatic rings. The molecule has 0 saturated heterocycles. The van der Waals surface area contributed by atoms with E-state index >= 15 is 0 Å². The van der Waals surface area contributed by atoms with Crippen LogP contribution in [0.5, 0.6) is 0 Å². The van der Waals surface area contributed by atoms with E-state index in [-0.39, 0.29) is 0 Å². The van der Waals surface area contributed by atoms with Crippen LogP contribution in [0.3, 0.4) is 0 Å². The zero-order chi connectivity index (χ0) is 16.1. The highest BCUT2D eigenvalue weighted by Crippen LogP contribution is 2.18. The van der Waals surface area contributed by atoms with Crippen molar-refractivity contribution in [3.8, 4) is 11.5 Å². The minimum absolute atomic E-state index is 0.469. The molecule has 0 fully saturated rings. The van der Waals surface area contributed by atoms with Crippen LogP contribution in [0, 0.1) is 6.92 Å². The number of aliphatic hydroxyl groups is 1. The molecular weight excluding hydrogens is 288 g/mol. The molecule has 1 heterocycles. The lowest BCUT2D eigenvalue weighted by Crippen LogP contribution is -2.21. The molecule has 0 amide bonds. The van der Waals surface area contributed by atoms with E-state index in [1.807, 2.05) is 61.5 Å². The van der Waals surface area contributed by atoms with E-state index in [9.17, 15) is 5.11 Å². The normalized spacial score (nSPS) is 12.3. The number of aromatic nitrogens is 1. The first kappa shape index (κ1) is 15.5. The molecule has 0 radical (unpaired) electrons. The Balaban J connectivity index is 1.53. The van der Waals surface area contributed by atoms with Gasteiger partial charge in [0, 0.05) is 18.7 Å². The van der Waals surface area contributed by atoms with Crippen LogP contribution in [0.25, 0.3) is 11.5 Å². The Morgan fingerprint density at radius 1 is 1.09 bits per heavy atom. The van der Waals surface area contributed by atoms with Crippen LogP contribution in [0.4, 0.5) is 0 Å². The number of hydrogen-bond donors (Lipinski definition) is 2. The quantitative estimate of drug-likeness (QED) is 0.732. The average molecular weight is 308 g/mol. The molecule has 1 aromatic heterocycles. The molecule has 1 unspecified atom stereocenters. The molecule has 4 heteroatoms. The number of aryl methyl sites for hydroxylation is 1. The summed E-state index contributed by atoms with van der Waals surface area (Å²) in [5.74, 6) is 0.612. The van der Waals surface area contributed by atoms with Crippen molar-refractivity contribution in [2.24, 2.45) is 0 Å². The molecule has 1 atom stereocenters. The second-order valence-corrected chi connectivity index (χ2v) is 5.57.